The maximum Gasteiger partial charge on any atom is 0.416 e. The summed E-state index contributed by atoms with van der Waals surface area (Å²) in [6.45, 7) is 0.493. The molecule has 1 aliphatic carbocycles. The van der Waals surface area contributed by atoms with E-state index in [0.717, 1.165) is 42.5 Å². The number of fused-ring (bicyclic) bond motifs is 1. The zero-order valence-corrected chi connectivity index (χ0v) is 15.8. The smallest absolute Gasteiger partial charge is 0.394 e. The summed E-state index contributed by atoms with van der Waals surface area (Å²) in [7, 11) is 0. The van der Waals surface area contributed by atoms with Gasteiger partial charge in [0.15, 0.2) is 0 Å². The number of benzene rings is 2. The standard InChI is InChI=1S/C22H22F3N3O/c23-22(24,25)18-7-9-19(10-8-18)28-14-16(13-27-28)12-26-21(15-29)11-3-5-17-4-1-2-6-20(17)21/h1-2,4,6-10,13-14,26,29H,3,5,11-12,15H2. The van der Waals surface area contributed by atoms with Crippen molar-refractivity contribution in [2.75, 3.05) is 6.61 Å². The van der Waals surface area contributed by atoms with Crippen molar-refractivity contribution in [3.05, 3.63) is 83.2 Å². The van der Waals surface area contributed by atoms with Gasteiger partial charge >= 0.3 is 6.18 Å². The van der Waals surface area contributed by atoms with Gasteiger partial charge in [0.1, 0.15) is 0 Å². The molecule has 3 aromatic rings. The first-order valence-electron chi connectivity index (χ1n) is 9.57. The lowest BCUT2D eigenvalue weighted by atomic mass is 9.77. The monoisotopic (exact) mass is 401 g/mol. The summed E-state index contributed by atoms with van der Waals surface area (Å²) in [6.07, 6.45) is 1.96. The molecule has 0 saturated heterocycles. The van der Waals surface area contributed by atoms with E-state index >= 15 is 0 Å². The average molecular weight is 401 g/mol. The number of halogens is 3. The molecule has 29 heavy (non-hydrogen) atoms. The topological polar surface area (TPSA) is 50.1 Å². The molecule has 0 amide bonds. The highest BCUT2D eigenvalue weighted by Crippen LogP contribution is 2.35. The van der Waals surface area contributed by atoms with Gasteiger partial charge in [-0.15, -0.1) is 0 Å². The Labute approximate surface area is 167 Å². The van der Waals surface area contributed by atoms with Gasteiger partial charge in [-0.3, -0.25) is 0 Å². The Balaban J connectivity index is 1.50. The summed E-state index contributed by atoms with van der Waals surface area (Å²) in [4.78, 5) is 0. The van der Waals surface area contributed by atoms with Crippen molar-refractivity contribution in [2.24, 2.45) is 0 Å². The highest BCUT2D eigenvalue weighted by atomic mass is 19.4. The predicted octanol–water partition coefficient (Wildman–Crippen LogP) is 4.20. The van der Waals surface area contributed by atoms with E-state index in [1.807, 2.05) is 12.1 Å². The van der Waals surface area contributed by atoms with E-state index in [9.17, 15) is 18.3 Å². The number of hydrogen-bond acceptors (Lipinski definition) is 3. The van der Waals surface area contributed by atoms with Crippen LogP contribution in [0.1, 0.15) is 35.1 Å². The maximum absolute atomic E-state index is 12.7. The molecular weight excluding hydrogens is 379 g/mol. The molecule has 1 aromatic heterocycles. The third-order valence-corrected chi connectivity index (χ3v) is 5.58. The third-order valence-electron chi connectivity index (χ3n) is 5.58. The van der Waals surface area contributed by atoms with E-state index in [4.69, 9.17) is 0 Å². The van der Waals surface area contributed by atoms with Gasteiger partial charge in [0.2, 0.25) is 0 Å². The van der Waals surface area contributed by atoms with Crippen LogP contribution in [-0.2, 0) is 24.7 Å². The van der Waals surface area contributed by atoms with Crippen molar-refractivity contribution in [2.45, 2.75) is 37.5 Å². The SMILES string of the molecule is OCC1(NCc2cnn(-c3ccc(C(F)(F)F)cc3)c2)CCCc2ccccc21. The summed E-state index contributed by atoms with van der Waals surface area (Å²) in [5.41, 5.74) is 2.65. The Morgan fingerprint density at radius 1 is 1.10 bits per heavy atom. The molecule has 0 aliphatic heterocycles. The third kappa shape index (κ3) is 3.93. The quantitative estimate of drug-likeness (QED) is 0.674. The minimum Gasteiger partial charge on any atom is -0.394 e. The Kier molecular flexibility index (Phi) is 5.19. The van der Waals surface area contributed by atoms with Crippen molar-refractivity contribution in [3.63, 3.8) is 0 Å². The first-order chi connectivity index (χ1) is 13.9. The molecule has 4 nitrogen and oxygen atoms in total. The van der Waals surface area contributed by atoms with Gasteiger partial charge in [0.25, 0.3) is 0 Å². The van der Waals surface area contributed by atoms with Crippen molar-refractivity contribution in [1.82, 2.24) is 15.1 Å². The van der Waals surface area contributed by atoms with Crippen LogP contribution in [0.15, 0.2) is 60.9 Å². The van der Waals surface area contributed by atoms with Gasteiger partial charge in [-0.2, -0.15) is 18.3 Å². The van der Waals surface area contributed by atoms with Crippen molar-refractivity contribution < 1.29 is 18.3 Å². The van der Waals surface area contributed by atoms with E-state index in [0.29, 0.717) is 12.2 Å². The van der Waals surface area contributed by atoms with Crippen LogP contribution >= 0.6 is 0 Å². The van der Waals surface area contributed by atoms with E-state index in [1.54, 1.807) is 17.1 Å². The molecule has 1 unspecified atom stereocenters. The van der Waals surface area contributed by atoms with Crippen LogP contribution in [0.3, 0.4) is 0 Å². The normalized spacial score (nSPS) is 19.2. The fourth-order valence-corrected chi connectivity index (χ4v) is 3.99. The number of aliphatic hydroxyl groups excluding tert-OH is 1. The van der Waals surface area contributed by atoms with E-state index < -0.39 is 17.3 Å². The molecule has 152 valence electrons. The molecule has 2 aromatic carbocycles. The van der Waals surface area contributed by atoms with Gasteiger partial charge < -0.3 is 10.4 Å². The van der Waals surface area contributed by atoms with Crippen LogP contribution in [0.5, 0.6) is 0 Å². The Morgan fingerprint density at radius 3 is 2.59 bits per heavy atom. The van der Waals surface area contributed by atoms with Gasteiger partial charge in [0, 0.05) is 18.3 Å². The average Bonchev–Trinajstić information content (AvgIpc) is 3.21. The fraction of sp³-hybridized carbons (Fsp3) is 0.318. The summed E-state index contributed by atoms with van der Waals surface area (Å²) in [5, 5.41) is 17.9. The molecule has 1 aliphatic rings. The minimum absolute atomic E-state index is 0.00292. The molecule has 7 heteroatoms. The lowest BCUT2D eigenvalue weighted by molar-refractivity contribution is -0.137. The molecule has 2 N–H and O–H groups in total. The number of rotatable bonds is 5. The fourth-order valence-electron chi connectivity index (χ4n) is 3.99. The first kappa shape index (κ1) is 19.7. The largest absolute Gasteiger partial charge is 0.416 e. The Hall–Kier alpha value is -2.64. The highest BCUT2D eigenvalue weighted by molar-refractivity contribution is 5.37. The van der Waals surface area contributed by atoms with Gasteiger partial charge in [-0.1, -0.05) is 24.3 Å². The number of nitrogens with one attached hydrogen (secondary N) is 1. The van der Waals surface area contributed by atoms with Crippen LogP contribution in [-0.4, -0.2) is 21.5 Å². The summed E-state index contributed by atoms with van der Waals surface area (Å²) >= 11 is 0. The van der Waals surface area contributed by atoms with E-state index in [1.165, 1.54) is 17.7 Å². The van der Waals surface area contributed by atoms with Crippen LogP contribution in [0, 0.1) is 0 Å². The van der Waals surface area contributed by atoms with Gasteiger partial charge in [0.05, 0.1) is 29.6 Å². The number of aromatic nitrogens is 2. The second-order valence-electron chi connectivity index (χ2n) is 7.44. The minimum atomic E-state index is -4.35. The molecule has 1 heterocycles. The van der Waals surface area contributed by atoms with E-state index in [2.05, 4.69) is 22.5 Å². The predicted molar refractivity (Wildman–Crippen MR) is 104 cm³/mol. The molecule has 4 rings (SSSR count). The Morgan fingerprint density at radius 2 is 1.86 bits per heavy atom. The number of aryl methyl sites for hydroxylation is 1. The van der Waals surface area contributed by atoms with Crippen LogP contribution < -0.4 is 5.32 Å². The number of alkyl halides is 3. The highest BCUT2D eigenvalue weighted by Gasteiger charge is 2.35. The van der Waals surface area contributed by atoms with Crippen LogP contribution in [0.25, 0.3) is 5.69 Å². The molecule has 0 bridgehead atoms. The maximum atomic E-state index is 12.7. The lowest BCUT2D eigenvalue weighted by Crippen LogP contribution is -2.47. The van der Waals surface area contributed by atoms with Crippen LogP contribution in [0.2, 0.25) is 0 Å². The zero-order valence-electron chi connectivity index (χ0n) is 15.8. The van der Waals surface area contributed by atoms with Crippen molar-refractivity contribution >= 4 is 0 Å². The van der Waals surface area contributed by atoms with E-state index in [-0.39, 0.29) is 6.61 Å². The second kappa shape index (κ2) is 7.65. The van der Waals surface area contributed by atoms with Gasteiger partial charge in [-0.25, -0.2) is 4.68 Å². The molecule has 0 radical (unpaired) electrons. The van der Waals surface area contributed by atoms with Crippen molar-refractivity contribution in [1.29, 1.82) is 0 Å². The molecule has 0 fully saturated rings. The number of aliphatic hydroxyl groups is 1. The van der Waals surface area contributed by atoms with Crippen LogP contribution in [0.4, 0.5) is 13.2 Å². The number of hydrogen-bond donors (Lipinski definition) is 2. The first-order valence-corrected chi connectivity index (χ1v) is 9.57. The second-order valence-corrected chi connectivity index (χ2v) is 7.44. The summed E-state index contributed by atoms with van der Waals surface area (Å²) in [6, 6.07) is 13.1. The number of nitrogens with zero attached hydrogens (tertiary/aromatic N) is 2. The molecule has 0 spiro atoms. The van der Waals surface area contributed by atoms with Gasteiger partial charge in [-0.05, 0) is 54.7 Å². The summed E-state index contributed by atoms with van der Waals surface area (Å²) in [5.74, 6) is 0. The molecule has 0 saturated carbocycles. The summed E-state index contributed by atoms with van der Waals surface area (Å²) < 4.78 is 39.7. The lowest BCUT2D eigenvalue weighted by Gasteiger charge is -2.38. The molecular formula is C22H22F3N3O. The molecule has 1 atom stereocenters. The van der Waals surface area contributed by atoms with Crippen molar-refractivity contribution in [3.8, 4) is 5.69 Å². The zero-order chi connectivity index (χ0) is 20.5. The Bertz CT molecular complexity index is 981.